The van der Waals surface area contributed by atoms with Crippen molar-refractivity contribution in [2.75, 3.05) is 13.7 Å². The molecule has 0 N–H and O–H groups in total. The number of carbonyl (C=O) groups excluding carboxylic acids is 2. The van der Waals surface area contributed by atoms with E-state index in [1.165, 1.54) is 0 Å². The number of carbonyl (C=O) groups is 2. The van der Waals surface area contributed by atoms with Crippen LogP contribution in [-0.4, -0.2) is 36.5 Å². The average molecular weight is 225 g/mol. The Morgan fingerprint density at radius 3 is 2.56 bits per heavy atom. The molecule has 4 heteroatoms. The third-order valence-corrected chi connectivity index (χ3v) is 3.53. The second kappa shape index (κ2) is 4.53. The molecule has 1 aliphatic carbocycles. The van der Waals surface area contributed by atoms with Crippen molar-refractivity contribution in [2.45, 2.75) is 38.8 Å². The van der Waals surface area contributed by atoms with Crippen molar-refractivity contribution in [3.63, 3.8) is 0 Å². The maximum Gasteiger partial charge on any atom is 0.234 e. The minimum absolute atomic E-state index is 0.0544. The van der Waals surface area contributed by atoms with Gasteiger partial charge >= 0.3 is 0 Å². The number of ketones is 1. The molecule has 4 nitrogen and oxygen atoms in total. The van der Waals surface area contributed by atoms with E-state index in [-0.39, 0.29) is 23.8 Å². The molecule has 0 spiro atoms. The van der Waals surface area contributed by atoms with E-state index in [2.05, 4.69) is 0 Å². The van der Waals surface area contributed by atoms with E-state index >= 15 is 0 Å². The first-order valence-corrected chi connectivity index (χ1v) is 6.02. The molecular formula is C12H19NO3. The zero-order valence-electron chi connectivity index (χ0n) is 9.94. The summed E-state index contributed by atoms with van der Waals surface area (Å²) in [6, 6.07) is 0. The van der Waals surface area contributed by atoms with Gasteiger partial charge in [0.1, 0.15) is 12.0 Å². The van der Waals surface area contributed by atoms with Gasteiger partial charge in [-0.1, -0.05) is 0 Å². The van der Waals surface area contributed by atoms with Crippen molar-refractivity contribution in [2.24, 2.45) is 11.8 Å². The van der Waals surface area contributed by atoms with Gasteiger partial charge in [0, 0.05) is 19.6 Å². The van der Waals surface area contributed by atoms with Crippen molar-refractivity contribution in [3.05, 3.63) is 0 Å². The summed E-state index contributed by atoms with van der Waals surface area (Å²) in [4.78, 5) is 25.6. The fraction of sp³-hybridized carbons (Fsp3) is 0.833. The van der Waals surface area contributed by atoms with E-state index in [9.17, 15) is 9.59 Å². The number of likely N-dealkylation sites (tertiary alicyclic amines) is 1. The molecule has 2 rings (SSSR count). The van der Waals surface area contributed by atoms with Crippen molar-refractivity contribution < 1.29 is 14.3 Å². The molecule has 90 valence electrons. The Morgan fingerprint density at radius 2 is 2.00 bits per heavy atom. The van der Waals surface area contributed by atoms with Crippen LogP contribution in [0, 0.1) is 11.8 Å². The molecule has 1 saturated heterocycles. The Bertz CT molecular complexity index is 299. The molecule has 2 fully saturated rings. The van der Waals surface area contributed by atoms with Gasteiger partial charge < -0.3 is 9.64 Å². The van der Waals surface area contributed by atoms with Crippen LogP contribution in [0.15, 0.2) is 0 Å². The minimum atomic E-state index is -0.483. The maximum atomic E-state index is 12.1. The monoisotopic (exact) mass is 225 g/mol. The lowest BCUT2D eigenvalue weighted by atomic mass is 10.0. The summed E-state index contributed by atoms with van der Waals surface area (Å²) in [7, 11) is 1.61. The van der Waals surface area contributed by atoms with Gasteiger partial charge in [0.15, 0.2) is 0 Å². The first kappa shape index (κ1) is 11.6. The van der Waals surface area contributed by atoms with E-state index in [1.807, 2.05) is 0 Å². The number of hydrogen-bond donors (Lipinski definition) is 0. The van der Waals surface area contributed by atoms with Crippen LogP contribution in [0.3, 0.4) is 0 Å². The number of Topliss-reactive ketones (excluding diaryl/α,β-unsaturated/α-hetero) is 1. The molecule has 0 radical (unpaired) electrons. The summed E-state index contributed by atoms with van der Waals surface area (Å²) in [5.41, 5.74) is 0. The van der Waals surface area contributed by atoms with E-state index < -0.39 is 5.92 Å². The summed E-state index contributed by atoms with van der Waals surface area (Å²) < 4.78 is 5.24. The molecule has 0 aromatic heterocycles. The normalized spacial score (nSPS) is 26.9. The molecule has 0 aromatic rings. The van der Waals surface area contributed by atoms with Crippen LogP contribution in [0.2, 0.25) is 0 Å². The van der Waals surface area contributed by atoms with E-state index in [0.29, 0.717) is 0 Å². The number of amides is 1. The van der Waals surface area contributed by atoms with Gasteiger partial charge in [-0.2, -0.15) is 0 Å². The zero-order chi connectivity index (χ0) is 11.7. The van der Waals surface area contributed by atoms with Crippen LogP contribution < -0.4 is 0 Å². The first-order chi connectivity index (χ1) is 7.65. The lowest BCUT2D eigenvalue weighted by Crippen LogP contribution is -2.42. The quantitative estimate of drug-likeness (QED) is 0.675. The predicted molar refractivity (Wildman–Crippen MR) is 58.6 cm³/mol. The van der Waals surface area contributed by atoms with Crippen LogP contribution in [0.5, 0.6) is 0 Å². The fourth-order valence-electron chi connectivity index (χ4n) is 2.33. The van der Waals surface area contributed by atoms with Crippen molar-refractivity contribution in [3.8, 4) is 0 Å². The predicted octanol–water partition coefficient (Wildman–Crippen LogP) is 1.20. The summed E-state index contributed by atoms with van der Waals surface area (Å²) in [6.07, 6.45) is 3.65. The standard InChI is InChI=1S/C12H19NO3/c1-8(11(14)9-5-6-9)12(15)13-7-3-4-10(13)16-2/h8-10H,3-7H2,1-2H3. The fourth-order valence-corrected chi connectivity index (χ4v) is 2.33. The summed E-state index contributed by atoms with van der Waals surface area (Å²) in [5, 5.41) is 0. The molecule has 0 aromatic carbocycles. The Morgan fingerprint density at radius 1 is 1.31 bits per heavy atom. The van der Waals surface area contributed by atoms with Gasteiger partial charge in [0.2, 0.25) is 5.91 Å². The van der Waals surface area contributed by atoms with Crippen LogP contribution in [0.4, 0.5) is 0 Å². The Hall–Kier alpha value is -0.900. The molecule has 1 amide bonds. The maximum absolute atomic E-state index is 12.1. The Labute approximate surface area is 95.9 Å². The van der Waals surface area contributed by atoms with Crippen molar-refractivity contribution in [1.29, 1.82) is 0 Å². The van der Waals surface area contributed by atoms with Gasteiger partial charge in [0.25, 0.3) is 0 Å². The molecule has 1 saturated carbocycles. The highest BCUT2D eigenvalue weighted by molar-refractivity contribution is 6.02. The molecule has 0 bridgehead atoms. The number of methoxy groups -OCH3 is 1. The van der Waals surface area contributed by atoms with Crippen LogP contribution in [0.1, 0.15) is 32.6 Å². The Balaban J connectivity index is 1.97. The lowest BCUT2D eigenvalue weighted by molar-refractivity contribution is -0.147. The second-order valence-corrected chi connectivity index (χ2v) is 4.76. The average Bonchev–Trinajstić information content (AvgIpc) is 3.04. The molecule has 2 unspecified atom stereocenters. The molecular weight excluding hydrogens is 206 g/mol. The number of ether oxygens (including phenoxy) is 1. The largest absolute Gasteiger partial charge is 0.362 e. The molecule has 1 aliphatic heterocycles. The Kier molecular flexibility index (Phi) is 3.28. The summed E-state index contributed by atoms with van der Waals surface area (Å²) in [6.45, 7) is 2.45. The first-order valence-electron chi connectivity index (χ1n) is 6.02. The number of hydrogen-bond acceptors (Lipinski definition) is 3. The minimum Gasteiger partial charge on any atom is -0.362 e. The number of rotatable bonds is 4. The lowest BCUT2D eigenvalue weighted by Gasteiger charge is -2.25. The van der Waals surface area contributed by atoms with Crippen LogP contribution in [0.25, 0.3) is 0 Å². The van der Waals surface area contributed by atoms with Gasteiger partial charge in [-0.25, -0.2) is 0 Å². The number of nitrogens with zero attached hydrogens (tertiary/aromatic N) is 1. The second-order valence-electron chi connectivity index (χ2n) is 4.76. The van der Waals surface area contributed by atoms with E-state index in [0.717, 1.165) is 32.2 Å². The van der Waals surface area contributed by atoms with E-state index in [1.54, 1.807) is 18.9 Å². The molecule has 2 atom stereocenters. The topological polar surface area (TPSA) is 46.6 Å². The highest BCUT2D eigenvalue weighted by Gasteiger charge is 2.39. The molecule has 16 heavy (non-hydrogen) atoms. The van der Waals surface area contributed by atoms with Crippen LogP contribution in [-0.2, 0) is 14.3 Å². The van der Waals surface area contributed by atoms with E-state index in [4.69, 9.17) is 4.74 Å². The highest BCUT2D eigenvalue weighted by Crippen LogP contribution is 2.33. The van der Waals surface area contributed by atoms with Crippen molar-refractivity contribution >= 4 is 11.7 Å². The van der Waals surface area contributed by atoms with Crippen molar-refractivity contribution in [1.82, 2.24) is 4.90 Å². The third-order valence-electron chi connectivity index (χ3n) is 3.53. The third kappa shape index (κ3) is 2.12. The SMILES string of the molecule is COC1CCCN1C(=O)C(C)C(=O)C1CC1. The van der Waals surface area contributed by atoms with Gasteiger partial charge in [-0.05, 0) is 32.6 Å². The summed E-state index contributed by atoms with van der Waals surface area (Å²) >= 11 is 0. The molecule has 2 aliphatic rings. The van der Waals surface area contributed by atoms with Gasteiger partial charge in [-0.15, -0.1) is 0 Å². The van der Waals surface area contributed by atoms with Gasteiger partial charge in [0.05, 0.1) is 5.92 Å². The smallest absolute Gasteiger partial charge is 0.234 e. The highest BCUT2D eigenvalue weighted by atomic mass is 16.5. The van der Waals surface area contributed by atoms with Gasteiger partial charge in [-0.3, -0.25) is 9.59 Å². The zero-order valence-corrected chi connectivity index (χ0v) is 9.94. The molecule has 1 heterocycles. The van der Waals surface area contributed by atoms with Crippen LogP contribution >= 0.6 is 0 Å². The summed E-state index contributed by atoms with van der Waals surface area (Å²) in [5.74, 6) is -0.265.